The SMILES string of the molecule is CCc1ncc(C(=O)Nc2ccccc2[C@@H](C)O)s1. The summed E-state index contributed by atoms with van der Waals surface area (Å²) < 4.78 is 0. The fourth-order valence-electron chi connectivity index (χ4n) is 1.74. The molecule has 1 atom stereocenters. The first-order valence-electron chi connectivity index (χ1n) is 6.15. The number of nitrogens with one attached hydrogen (secondary N) is 1. The van der Waals surface area contributed by atoms with Gasteiger partial charge in [-0.25, -0.2) is 4.98 Å². The number of nitrogens with zero attached hydrogens (tertiary/aromatic N) is 1. The topological polar surface area (TPSA) is 62.2 Å². The summed E-state index contributed by atoms with van der Waals surface area (Å²) in [5, 5.41) is 13.4. The van der Waals surface area contributed by atoms with Crippen molar-refractivity contribution in [2.45, 2.75) is 26.4 Å². The molecule has 5 heteroatoms. The van der Waals surface area contributed by atoms with E-state index in [9.17, 15) is 9.90 Å². The fourth-order valence-corrected chi connectivity index (χ4v) is 2.49. The van der Waals surface area contributed by atoms with Crippen LogP contribution in [-0.4, -0.2) is 16.0 Å². The monoisotopic (exact) mass is 276 g/mol. The predicted octanol–water partition coefficient (Wildman–Crippen LogP) is 3.01. The number of aliphatic hydroxyl groups excluding tert-OH is 1. The number of aryl methyl sites for hydroxylation is 1. The molecule has 0 aliphatic heterocycles. The number of thiazole rings is 1. The summed E-state index contributed by atoms with van der Waals surface area (Å²) >= 11 is 1.39. The number of carbonyl (C=O) groups excluding carboxylic acids is 1. The van der Waals surface area contributed by atoms with Gasteiger partial charge in [-0.15, -0.1) is 11.3 Å². The van der Waals surface area contributed by atoms with Gasteiger partial charge >= 0.3 is 0 Å². The van der Waals surface area contributed by atoms with E-state index in [0.29, 0.717) is 16.1 Å². The number of anilines is 1. The van der Waals surface area contributed by atoms with E-state index in [1.54, 1.807) is 25.3 Å². The normalized spacial score (nSPS) is 12.2. The summed E-state index contributed by atoms with van der Waals surface area (Å²) in [7, 11) is 0. The fraction of sp³-hybridized carbons (Fsp3) is 0.286. The number of aromatic nitrogens is 1. The second-order valence-corrected chi connectivity index (χ2v) is 5.30. The van der Waals surface area contributed by atoms with Gasteiger partial charge in [0.2, 0.25) is 0 Å². The molecule has 0 bridgehead atoms. The van der Waals surface area contributed by atoms with E-state index in [2.05, 4.69) is 10.3 Å². The van der Waals surface area contributed by atoms with Crippen LogP contribution in [0.2, 0.25) is 0 Å². The van der Waals surface area contributed by atoms with E-state index >= 15 is 0 Å². The van der Waals surface area contributed by atoms with Gasteiger partial charge in [0.1, 0.15) is 4.88 Å². The predicted molar refractivity (Wildman–Crippen MR) is 76.5 cm³/mol. The number of para-hydroxylation sites is 1. The summed E-state index contributed by atoms with van der Waals surface area (Å²) in [6.07, 6.45) is 1.79. The molecule has 0 unspecified atom stereocenters. The lowest BCUT2D eigenvalue weighted by Gasteiger charge is -2.12. The molecular formula is C14H16N2O2S. The van der Waals surface area contributed by atoms with Crippen molar-refractivity contribution in [3.05, 3.63) is 45.9 Å². The Labute approximate surface area is 116 Å². The van der Waals surface area contributed by atoms with Gasteiger partial charge in [0.15, 0.2) is 0 Å². The molecule has 2 N–H and O–H groups in total. The minimum Gasteiger partial charge on any atom is -0.389 e. The Kier molecular flexibility index (Phi) is 4.29. The summed E-state index contributed by atoms with van der Waals surface area (Å²) in [6, 6.07) is 7.23. The number of carbonyl (C=O) groups is 1. The molecule has 19 heavy (non-hydrogen) atoms. The van der Waals surface area contributed by atoms with Gasteiger partial charge in [0.25, 0.3) is 5.91 Å². The molecule has 0 aliphatic rings. The molecule has 1 amide bonds. The van der Waals surface area contributed by atoms with Crippen LogP contribution in [0.1, 0.15) is 40.2 Å². The standard InChI is InChI=1S/C14H16N2O2S/c1-3-13-15-8-12(19-13)14(18)16-11-7-5-4-6-10(11)9(2)17/h4-9,17H,3H2,1-2H3,(H,16,18)/t9-/m1/s1. The lowest BCUT2D eigenvalue weighted by atomic mass is 10.1. The summed E-state index contributed by atoms with van der Waals surface area (Å²) in [6.45, 7) is 3.68. The van der Waals surface area contributed by atoms with E-state index in [4.69, 9.17) is 0 Å². The van der Waals surface area contributed by atoms with Crippen LogP contribution in [0.3, 0.4) is 0 Å². The van der Waals surface area contributed by atoms with Gasteiger partial charge in [0, 0.05) is 11.3 Å². The van der Waals surface area contributed by atoms with Crippen LogP contribution in [0.5, 0.6) is 0 Å². The van der Waals surface area contributed by atoms with Crippen LogP contribution in [0.25, 0.3) is 0 Å². The minimum atomic E-state index is -0.621. The van der Waals surface area contributed by atoms with Crippen molar-refractivity contribution >= 4 is 22.9 Å². The highest BCUT2D eigenvalue weighted by Gasteiger charge is 2.13. The highest BCUT2D eigenvalue weighted by Crippen LogP contribution is 2.23. The molecule has 1 aromatic carbocycles. The van der Waals surface area contributed by atoms with Crippen LogP contribution in [-0.2, 0) is 6.42 Å². The quantitative estimate of drug-likeness (QED) is 0.902. The molecule has 1 aromatic heterocycles. The maximum Gasteiger partial charge on any atom is 0.267 e. The van der Waals surface area contributed by atoms with E-state index < -0.39 is 6.10 Å². The number of amides is 1. The molecule has 4 nitrogen and oxygen atoms in total. The van der Waals surface area contributed by atoms with E-state index in [-0.39, 0.29) is 5.91 Å². The Balaban J connectivity index is 2.19. The molecule has 0 saturated heterocycles. The summed E-state index contributed by atoms with van der Waals surface area (Å²) in [5.74, 6) is -0.190. The second-order valence-electron chi connectivity index (χ2n) is 4.19. The molecule has 1 heterocycles. The number of aliphatic hydroxyl groups is 1. The van der Waals surface area contributed by atoms with Crippen LogP contribution in [0.4, 0.5) is 5.69 Å². The van der Waals surface area contributed by atoms with Gasteiger partial charge in [0.05, 0.1) is 17.3 Å². The number of benzene rings is 1. The molecule has 2 rings (SSSR count). The van der Waals surface area contributed by atoms with Crippen molar-refractivity contribution in [2.24, 2.45) is 0 Å². The third-order valence-electron chi connectivity index (χ3n) is 2.74. The molecule has 0 aliphatic carbocycles. The van der Waals surface area contributed by atoms with Gasteiger partial charge in [-0.2, -0.15) is 0 Å². The number of rotatable bonds is 4. The average molecular weight is 276 g/mol. The Morgan fingerprint density at radius 2 is 2.21 bits per heavy atom. The van der Waals surface area contributed by atoms with Gasteiger partial charge < -0.3 is 10.4 Å². The van der Waals surface area contributed by atoms with E-state index in [0.717, 1.165) is 11.4 Å². The third kappa shape index (κ3) is 3.19. The minimum absolute atomic E-state index is 0.190. The van der Waals surface area contributed by atoms with Crippen molar-refractivity contribution < 1.29 is 9.90 Å². The van der Waals surface area contributed by atoms with Crippen molar-refractivity contribution in [3.63, 3.8) is 0 Å². The molecule has 0 fully saturated rings. The third-order valence-corrected chi connectivity index (χ3v) is 3.88. The first-order chi connectivity index (χ1) is 9.11. The Bertz CT molecular complexity index is 578. The van der Waals surface area contributed by atoms with Gasteiger partial charge in [-0.1, -0.05) is 25.1 Å². The first kappa shape index (κ1) is 13.7. The summed E-state index contributed by atoms with van der Waals surface area (Å²) in [4.78, 5) is 16.8. The van der Waals surface area contributed by atoms with Crippen molar-refractivity contribution in [1.82, 2.24) is 4.98 Å². The van der Waals surface area contributed by atoms with Gasteiger partial charge in [-0.3, -0.25) is 4.79 Å². The zero-order chi connectivity index (χ0) is 13.8. The van der Waals surface area contributed by atoms with Crippen molar-refractivity contribution in [1.29, 1.82) is 0 Å². The van der Waals surface area contributed by atoms with Crippen LogP contribution >= 0.6 is 11.3 Å². The Morgan fingerprint density at radius 3 is 2.84 bits per heavy atom. The van der Waals surface area contributed by atoms with E-state index in [1.807, 2.05) is 19.1 Å². The molecule has 0 radical (unpaired) electrons. The Hall–Kier alpha value is -1.72. The van der Waals surface area contributed by atoms with Crippen LogP contribution < -0.4 is 5.32 Å². The molecular weight excluding hydrogens is 260 g/mol. The van der Waals surface area contributed by atoms with Gasteiger partial charge in [-0.05, 0) is 19.4 Å². The number of hydrogen-bond donors (Lipinski definition) is 2. The molecule has 0 saturated carbocycles. The smallest absolute Gasteiger partial charge is 0.267 e. The zero-order valence-corrected chi connectivity index (χ0v) is 11.7. The highest BCUT2D eigenvalue weighted by atomic mass is 32.1. The van der Waals surface area contributed by atoms with Crippen molar-refractivity contribution in [3.8, 4) is 0 Å². The average Bonchev–Trinajstić information content (AvgIpc) is 2.88. The van der Waals surface area contributed by atoms with Crippen LogP contribution in [0.15, 0.2) is 30.5 Å². The molecule has 0 spiro atoms. The van der Waals surface area contributed by atoms with Crippen molar-refractivity contribution in [2.75, 3.05) is 5.32 Å². The van der Waals surface area contributed by atoms with E-state index in [1.165, 1.54) is 11.3 Å². The lowest BCUT2D eigenvalue weighted by molar-refractivity contribution is 0.103. The highest BCUT2D eigenvalue weighted by molar-refractivity contribution is 7.13. The maximum absolute atomic E-state index is 12.1. The molecule has 100 valence electrons. The summed E-state index contributed by atoms with van der Waals surface area (Å²) in [5.41, 5.74) is 1.34. The zero-order valence-electron chi connectivity index (χ0n) is 10.9. The molecule has 2 aromatic rings. The first-order valence-corrected chi connectivity index (χ1v) is 6.96. The number of hydrogen-bond acceptors (Lipinski definition) is 4. The lowest BCUT2D eigenvalue weighted by Crippen LogP contribution is -2.12. The second kappa shape index (κ2) is 5.95. The largest absolute Gasteiger partial charge is 0.389 e. The van der Waals surface area contributed by atoms with Crippen LogP contribution in [0, 0.1) is 0 Å². The Morgan fingerprint density at radius 1 is 1.47 bits per heavy atom. The maximum atomic E-state index is 12.1.